The third-order valence-electron chi connectivity index (χ3n) is 2.90. The highest BCUT2D eigenvalue weighted by Crippen LogP contribution is 2.09. The Hall–Kier alpha value is -2.32. The zero-order chi connectivity index (χ0) is 14.4. The summed E-state index contributed by atoms with van der Waals surface area (Å²) in [5, 5.41) is 11.4. The quantitative estimate of drug-likeness (QED) is 0.744. The summed E-state index contributed by atoms with van der Waals surface area (Å²) < 4.78 is 0. The lowest BCUT2D eigenvalue weighted by Gasteiger charge is -2.26. The van der Waals surface area contributed by atoms with Crippen LogP contribution < -0.4 is 5.32 Å². The van der Waals surface area contributed by atoms with Crippen molar-refractivity contribution in [3.8, 4) is 11.8 Å². The van der Waals surface area contributed by atoms with Crippen LogP contribution in [0.3, 0.4) is 0 Å². The third kappa shape index (κ3) is 3.59. The van der Waals surface area contributed by atoms with Crippen LogP contribution in [0.4, 0.5) is 0 Å². The molecular weight excluding hydrogens is 256 g/mol. The number of hydrogen-bond acceptors (Lipinski definition) is 3. The molecule has 0 spiro atoms. The molecule has 0 radical (unpaired) electrons. The summed E-state index contributed by atoms with van der Waals surface area (Å²) in [4.78, 5) is 25.1. The van der Waals surface area contributed by atoms with E-state index in [4.69, 9.17) is 5.11 Å². The van der Waals surface area contributed by atoms with Crippen molar-refractivity contribution in [3.05, 3.63) is 35.4 Å². The van der Waals surface area contributed by atoms with E-state index < -0.39 is 0 Å². The lowest BCUT2D eigenvalue weighted by atomic mass is 10.1. The van der Waals surface area contributed by atoms with Gasteiger partial charge in [-0.1, -0.05) is 17.9 Å². The van der Waals surface area contributed by atoms with Crippen LogP contribution in [0, 0.1) is 11.8 Å². The first-order valence-corrected chi connectivity index (χ1v) is 6.46. The minimum atomic E-state index is -0.161. The second kappa shape index (κ2) is 6.73. The zero-order valence-electron chi connectivity index (χ0n) is 11.1. The number of amides is 2. The summed E-state index contributed by atoms with van der Waals surface area (Å²) in [5.41, 5.74) is 1.25. The number of rotatable bonds is 2. The van der Waals surface area contributed by atoms with Gasteiger partial charge in [-0.15, -0.1) is 0 Å². The van der Waals surface area contributed by atoms with Gasteiger partial charge in [0.05, 0.1) is 13.2 Å². The van der Waals surface area contributed by atoms with Crippen LogP contribution in [-0.4, -0.2) is 48.1 Å². The number of carbonyl (C=O) groups excluding carboxylic acids is 2. The van der Waals surface area contributed by atoms with E-state index in [0.717, 1.165) is 5.56 Å². The van der Waals surface area contributed by atoms with Crippen molar-refractivity contribution in [2.75, 3.05) is 26.2 Å². The molecule has 5 heteroatoms. The highest BCUT2D eigenvalue weighted by atomic mass is 16.2. The van der Waals surface area contributed by atoms with Crippen molar-refractivity contribution in [1.29, 1.82) is 0 Å². The molecule has 2 N–H and O–H groups in total. The fourth-order valence-electron chi connectivity index (χ4n) is 1.94. The molecule has 0 unspecified atom stereocenters. The lowest BCUT2D eigenvalue weighted by molar-refractivity contribution is -0.123. The van der Waals surface area contributed by atoms with Gasteiger partial charge >= 0.3 is 0 Å². The molecular formula is C15H16N2O3. The Labute approximate surface area is 117 Å². The molecule has 1 aliphatic heterocycles. The van der Waals surface area contributed by atoms with Crippen molar-refractivity contribution in [3.63, 3.8) is 0 Å². The highest BCUT2D eigenvalue weighted by Gasteiger charge is 2.22. The largest absolute Gasteiger partial charge is 0.395 e. The average Bonchev–Trinajstić information content (AvgIpc) is 2.47. The second-order valence-electron chi connectivity index (χ2n) is 4.43. The van der Waals surface area contributed by atoms with Gasteiger partial charge in [-0.25, -0.2) is 0 Å². The van der Waals surface area contributed by atoms with Crippen LogP contribution in [-0.2, 0) is 4.79 Å². The molecule has 0 atom stereocenters. The van der Waals surface area contributed by atoms with E-state index in [1.54, 1.807) is 18.2 Å². The minimum absolute atomic E-state index is 0.0223. The number of carbonyl (C=O) groups is 2. The summed E-state index contributed by atoms with van der Waals surface area (Å²) in [6.07, 6.45) is 0.407. The molecule has 1 heterocycles. The maximum Gasteiger partial charge on any atom is 0.254 e. The summed E-state index contributed by atoms with van der Waals surface area (Å²) >= 11 is 0. The standard InChI is InChI=1S/C15H16N2O3/c18-9-2-1-4-12-5-3-6-13(10-12)15(20)17-8-7-16-14(19)11-17/h3,5-6,10,18H,2,7-9,11H2,(H,16,19). The van der Waals surface area contributed by atoms with Crippen molar-refractivity contribution < 1.29 is 14.7 Å². The van der Waals surface area contributed by atoms with Crippen LogP contribution in [0.5, 0.6) is 0 Å². The van der Waals surface area contributed by atoms with Crippen LogP contribution in [0.2, 0.25) is 0 Å². The SMILES string of the molecule is O=C1CN(C(=O)c2cccc(C#CCCO)c2)CCN1. The van der Waals surface area contributed by atoms with Gasteiger partial charge in [0.1, 0.15) is 0 Å². The molecule has 104 valence electrons. The first-order chi connectivity index (χ1) is 9.70. The number of aliphatic hydroxyl groups is 1. The molecule has 20 heavy (non-hydrogen) atoms. The first kappa shape index (κ1) is 14.1. The first-order valence-electron chi connectivity index (χ1n) is 6.46. The Morgan fingerprint density at radius 3 is 3.05 bits per heavy atom. The fraction of sp³-hybridized carbons (Fsp3) is 0.333. The number of nitrogens with zero attached hydrogens (tertiary/aromatic N) is 1. The van der Waals surface area contributed by atoms with E-state index in [1.165, 1.54) is 4.90 Å². The van der Waals surface area contributed by atoms with Gasteiger partial charge in [0.15, 0.2) is 0 Å². The summed E-state index contributed by atoms with van der Waals surface area (Å²) in [6.45, 7) is 1.12. The topological polar surface area (TPSA) is 69.6 Å². The van der Waals surface area contributed by atoms with Crippen molar-refractivity contribution in [2.45, 2.75) is 6.42 Å². The average molecular weight is 272 g/mol. The van der Waals surface area contributed by atoms with E-state index in [2.05, 4.69) is 17.2 Å². The third-order valence-corrected chi connectivity index (χ3v) is 2.90. The Morgan fingerprint density at radius 1 is 1.45 bits per heavy atom. The van der Waals surface area contributed by atoms with E-state index in [0.29, 0.717) is 25.1 Å². The molecule has 0 aliphatic carbocycles. The Balaban J connectivity index is 2.12. The summed E-state index contributed by atoms with van der Waals surface area (Å²) in [6, 6.07) is 7.00. The molecule has 0 saturated carbocycles. The van der Waals surface area contributed by atoms with Crippen molar-refractivity contribution in [2.24, 2.45) is 0 Å². The van der Waals surface area contributed by atoms with Crippen LogP contribution in [0.25, 0.3) is 0 Å². The minimum Gasteiger partial charge on any atom is -0.395 e. The zero-order valence-corrected chi connectivity index (χ0v) is 11.1. The molecule has 2 rings (SSSR count). The highest BCUT2D eigenvalue weighted by molar-refractivity contribution is 5.97. The van der Waals surface area contributed by atoms with Gasteiger partial charge < -0.3 is 15.3 Å². The number of hydrogen-bond donors (Lipinski definition) is 2. The van der Waals surface area contributed by atoms with Gasteiger partial charge in [-0.2, -0.15) is 0 Å². The predicted octanol–water partition coefficient (Wildman–Crippen LogP) is -0.00750. The smallest absolute Gasteiger partial charge is 0.254 e. The van der Waals surface area contributed by atoms with Gasteiger partial charge in [0, 0.05) is 30.6 Å². The predicted molar refractivity (Wildman–Crippen MR) is 73.9 cm³/mol. The number of aliphatic hydroxyl groups excluding tert-OH is 1. The molecule has 1 fully saturated rings. The monoisotopic (exact) mass is 272 g/mol. The van der Waals surface area contributed by atoms with E-state index in [-0.39, 0.29) is 25.0 Å². The van der Waals surface area contributed by atoms with Crippen LogP contribution in [0.1, 0.15) is 22.3 Å². The molecule has 0 aromatic heterocycles. The van der Waals surface area contributed by atoms with Gasteiger partial charge in [-0.3, -0.25) is 9.59 Å². The van der Waals surface area contributed by atoms with E-state index in [9.17, 15) is 9.59 Å². The van der Waals surface area contributed by atoms with Gasteiger partial charge in [-0.05, 0) is 18.2 Å². The Morgan fingerprint density at radius 2 is 2.30 bits per heavy atom. The number of benzene rings is 1. The Bertz CT molecular complexity index is 572. The molecule has 1 aromatic rings. The molecule has 1 aromatic carbocycles. The summed E-state index contributed by atoms with van der Waals surface area (Å²) in [7, 11) is 0. The normalized spacial score (nSPS) is 14.2. The van der Waals surface area contributed by atoms with E-state index in [1.807, 2.05) is 6.07 Å². The van der Waals surface area contributed by atoms with Gasteiger partial charge in [0.25, 0.3) is 5.91 Å². The lowest BCUT2D eigenvalue weighted by Crippen LogP contribution is -2.49. The van der Waals surface area contributed by atoms with Crippen LogP contribution in [0.15, 0.2) is 24.3 Å². The number of piperazine rings is 1. The molecule has 2 amide bonds. The Kier molecular flexibility index (Phi) is 4.75. The molecule has 0 bridgehead atoms. The van der Waals surface area contributed by atoms with Gasteiger partial charge in [0.2, 0.25) is 5.91 Å². The second-order valence-corrected chi connectivity index (χ2v) is 4.43. The fourth-order valence-corrected chi connectivity index (χ4v) is 1.94. The number of nitrogens with one attached hydrogen (secondary N) is 1. The van der Waals surface area contributed by atoms with E-state index >= 15 is 0 Å². The summed E-state index contributed by atoms with van der Waals surface area (Å²) in [5.74, 6) is 5.41. The van der Waals surface area contributed by atoms with Crippen molar-refractivity contribution >= 4 is 11.8 Å². The molecule has 1 saturated heterocycles. The molecule has 1 aliphatic rings. The van der Waals surface area contributed by atoms with Crippen molar-refractivity contribution in [1.82, 2.24) is 10.2 Å². The molecule has 5 nitrogen and oxygen atoms in total. The van der Waals surface area contributed by atoms with Crippen LogP contribution >= 0.6 is 0 Å². The maximum atomic E-state index is 12.3. The maximum absolute atomic E-state index is 12.3.